The third-order valence-electron chi connectivity index (χ3n) is 8.35. The SMILES string of the molecule is OC(CN1CCNCCN2CCNCCNCCN(CCNCCN(CC(O)(C(F)(F)F)C(F)(F)F)CC2)CC1)(C(F)(F)F)C(F)(F)F. The van der Waals surface area contributed by atoms with Crippen molar-refractivity contribution in [1.82, 2.24) is 40.9 Å². The van der Waals surface area contributed by atoms with Gasteiger partial charge in [0.15, 0.2) is 0 Å². The number of alkyl halides is 12. The van der Waals surface area contributed by atoms with Crippen LogP contribution in [0.5, 0.6) is 0 Å². The molecule has 0 amide bonds. The zero-order chi connectivity index (χ0) is 36.3. The molecule has 10 nitrogen and oxygen atoms in total. The van der Waals surface area contributed by atoms with Gasteiger partial charge in [0.1, 0.15) is 0 Å². The van der Waals surface area contributed by atoms with Gasteiger partial charge in [-0.25, -0.2) is 0 Å². The van der Waals surface area contributed by atoms with Crippen LogP contribution in [0.1, 0.15) is 0 Å². The van der Waals surface area contributed by atoms with E-state index in [0.717, 1.165) is 9.80 Å². The predicted molar refractivity (Wildman–Crippen MR) is 151 cm³/mol. The minimum Gasteiger partial charge on any atom is -0.373 e. The van der Waals surface area contributed by atoms with Gasteiger partial charge in [-0.15, -0.1) is 0 Å². The monoisotopic (exact) mass is 730 g/mol. The number of fused-ring (bicyclic) bond motifs is 21. The van der Waals surface area contributed by atoms with Crippen molar-refractivity contribution in [3.8, 4) is 0 Å². The smallest absolute Gasteiger partial charge is 0.373 e. The first kappa shape index (κ1) is 42.9. The van der Waals surface area contributed by atoms with Crippen molar-refractivity contribution in [2.24, 2.45) is 0 Å². The molecule has 0 spiro atoms. The summed E-state index contributed by atoms with van der Waals surface area (Å²) < 4.78 is 162. The molecule has 3 aliphatic rings. The molecule has 0 aromatic heterocycles. The molecule has 2 unspecified atom stereocenters. The molecule has 3 saturated heterocycles. The molecular formula is C26H46F12N8O2. The van der Waals surface area contributed by atoms with E-state index in [0.29, 0.717) is 39.3 Å². The molecule has 0 radical (unpaired) electrons. The highest BCUT2D eigenvalue weighted by molar-refractivity contribution is 4.98. The molecular weight excluding hydrogens is 684 g/mol. The molecule has 3 aliphatic heterocycles. The van der Waals surface area contributed by atoms with Crippen LogP contribution in [0.3, 0.4) is 0 Å². The van der Waals surface area contributed by atoms with Crippen LogP contribution in [0.15, 0.2) is 0 Å². The molecule has 6 N–H and O–H groups in total. The zero-order valence-electron chi connectivity index (χ0n) is 26.4. The summed E-state index contributed by atoms with van der Waals surface area (Å²) in [6.45, 7) is -1.86. The summed E-state index contributed by atoms with van der Waals surface area (Å²) in [4.78, 5) is 5.22. The molecule has 0 aliphatic carbocycles. The summed E-state index contributed by atoms with van der Waals surface area (Å²) in [6, 6.07) is 0. The maximum atomic E-state index is 13.5. The number of hydrogen-bond donors (Lipinski definition) is 6. The molecule has 0 aromatic rings. The van der Waals surface area contributed by atoms with Gasteiger partial charge >= 0.3 is 24.7 Å². The van der Waals surface area contributed by atoms with Crippen molar-refractivity contribution in [1.29, 1.82) is 0 Å². The quantitative estimate of drug-likeness (QED) is 0.227. The highest BCUT2D eigenvalue weighted by Crippen LogP contribution is 2.44. The average Bonchev–Trinajstić information content (AvgIpc) is 2.94. The van der Waals surface area contributed by atoms with E-state index in [4.69, 9.17) is 0 Å². The Hall–Kier alpha value is -1.24. The van der Waals surface area contributed by atoms with Gasteiger partial charge in [0.25, 0.3) is 11.2 Å². The Bertz CT molecular complexity index is 823. The minimum absolute atomic E-state index is 0.0164. The van der Waals surface area contributed by atoms with Crippen molar-refractivity contribution >= 4 is 0 Å². The van der Waals surface area contributed by atoms with Gasteiger partial charge in [-0.1, -0.05) is 0 Å². The van der Waals surface area contributed by atoms with Gasteiger partial charge in [0.05, 0.1) is 0 Å². The second-order valence-corrected chi connectivity index (χ2v) is 11.9. The minimum atomic E-state index is -6.00. The van der Waals surface area contributed by atoms with Gasteiger partial charge in [-0.2, -0.15) is 52.7 Å². The van der Waals surface area contributed by atoms with E-state index in [9.17, 15) is 62.9 Å². The van der Waals surface area contributed by atoms with Crippen LogP contribution in [0.4, 0.5) is 52.7 Å². The molecule has 3 fully saturated rings. The van der Waals surface area contributed by atoms with Crippen molar-refractivity contribution in [3.63, 3.8) is 0 Å². The standard InChI is InChI=1S/C26H46F12N8O2/c27-23(28,29)21(47,24(30,31)32)19-45-13-8-42-6-12-44-10-4-40-2-1-39-3-9-43(15-17-45)11-5-41-7-14-46(18-16-44)20-22(48,25(33,34)35)26(36,37)38/h39-42,47-48H,1-20H2. The van der Waals surface area contributed by atoms with Gasteiger partial charge in [-0.3, -0.25) is 19.6 Å². The highest BCUT2D eigenvalue weighted by atomic mass is 19.4. The fraction of sp³-hybridized carbons (Fsp3) is 1.00. The number of rotatable bonds is 4. The second kappa shape index (κ2) is 18.3. The van der Waals surface area contributed by atoms with Crippen LogP contribution < -0.4 is 21.3 Å². The number of hydrogen-bond acceptors (Lipinski definition) is 10. The van der Waals surface area contributed by atoms with E-state index in [2.05, 4.69) is 21.3 Å². The Morgan fingerprint density at radius 3 is 0.875 bits per heavy atom. The van der Waals surface area contributed by atoms with E-state index >= 15 is 0 Å². The summed E-state index contributed by atoms with van der Waals surface area (Å²) >= 11 is 0. The Morgan fingerprint density at radius 1 is 0.354 bits per heavy atom. The molecule has 3 rings (SSSR count). The fourth-order valence-corrected chi connectivity index (χ4v) is 5.20. The Kier molecular flexibility index (Phi) is 16.4. The number of nitrogens with one attached hydrogen (secondary N) is 4. The first-order valence-corrected chi connectivity index (χ1v) is 15.5. The normalized spacial score (nSPS) is 25.1. The Balaban J connectivity index is 2.32. The lowest BCUT2D eigenvalue weighted by molar-refractivity contribution is -0.371. The fourth-order valence-electron chi connectivity index (χ4n) is 5.20. The van der Waals surface area contributed by atoms with Crippen molar-refractivity contribution in [2.75, 3.05) is 131 Å². The predicted octanol–water partition coefficient (Wildman–Crippen LogP) is 0.291. The van der Waals surface area contributed by atoms with Gasteiger partial charge < -0.3 is 31.5 Å². The van der Waals surface area contributed by atoms with E-state index in [1.54, 1.807) is 9.80 Å². The maximum absolute atomic E-state index is 13.5. The van der Waals surface area contributed by atoms with E-state index in [1.807, 2.05) is 0 Å². The van der Waals surface area contributed by atoms with Crippen LogP contribution in [0, 0.1) is 0 Å². The van der Waals surface area contributed by atoms with Crippen LogP contribution in [-0.4, -0.2) is 197 Å². The summed E-state index contributed by atoms with van der Waals surface area (Å²) in [7, 11) is 0. The van der Waals surface area contributed by atoms with Gasteiger partial charge in [0, 0.05) is 131 Å². The number of nitrogens with zero attached hydrogens (tertiary/aromatic N) is 4. The van der Waals surface area contributed by atoms with Crippen LogP contribution in [-0.2, 0) is 0 Å². The van der Waals surface area contributed by atoms with E-state index in [-0.39, 0.29) is 78.5 Å². The van der Waals surface area contributed by atoms with Crippen molar-refractivity contribution < 1.29 is 62.9 Å². The first-order valence-electron chi connectivity index (χ1n) is 15.5. The van der Waals surface area contributed by atoms with Gasteiger partial charge in [0.2, 0.25) is 0 Å². The average molecular weight is 731 g/mol. The topological polar surface area (TPSA) is 102 Å². The van der Waals surface area contributed by atoms with Crippen molar-refractivity contribution in [2.45, 2.75) is 35.9 Å². The summed E-state index contributed by atoms with van der Waals surface area (Å²) in [6.07, 6.45) is -24.0. The Labute approximate surface area is 271 Å². The van der Waals surface area contributed by atoms with Crippen molar-refractivity contribution in [3.05, 3.63) is 0 Å². The third-order valence-corrected chi connectivity index (χ3v) is 8.35. The Morgan fingerprint density at radius 2 is 0.604 bits per heavy atom. The second-order valence-electron chi connectivity index (χ2n) is 11.9. The maximum Gasteiger partial charge on any atom is 0.427 e. The lowest BCUT2D eigenvalue weighted by atomic mass is 10.0. The zero-order valence-corrected chi connectivity index (χ0v) is 26.4. The van der Waals surface area contributed by atoms with Crippen LogP contribution >= 0.6 is 0 Å². The van der Waals surface area contributed by atoms with E-state index in [1.165, 1.54) is 0 Å². The van der Waals surface area contributed by atoms with Crippen LogP contribution in [0.25, 0.3) is 0 Å². The molecule has 0 aromatic carbocycles. The summed E-state index contributed by atoms with van der Waals surface area (Å²) in [5, 5.41) is 31.9. The lowest BCUT2D eigenvalue weighted by Gasteiger charge is -2.38. The number of halogens is 12. The molecule has 22 heteroatoms. The van der Waals surface area contributed by atoms with Gasteiger partial charge in [-0.05, 0) is 0 Å². The lowest BCUT2D eigenvalue weighted by Crippen LogP contribution is -2.63. The molecule has 48 heavy (non-hydrogen) atoms. The molecule has 0 saturated carbocycles. The molecule has 2 atom stereocenters. The molecule has 3 heterocycles. The highest BCUT2D eigenvalue weighted by Gasteiger charge is 2.71. The molecule has 286 valence electrons. The molecule has 2 bridgehead atoms. The van der Waals surface area contributed by atoms with E-state index < -0.39 is 49.0 Å². The first-order chi connectivity index (χ1) is 22.1. The van der Waals surface area contributed by atoms with Crippen LogP contribution in [0.2, 0.25) is 0 Å². The third kappa shape index (κ3) is 12.8. The summed E-state index contributed by atoms with van der Waals surface area (Å²) in [5.41, 5.74) is -9.94. The summed E-state index contributed by atoms with van der Waals surface area (Å²) in [5.74, 6) is 0. The largest absolute Gasteiger partial charge is 0.427 e. The number of aliphatic hydroxyl groups is 2.